The molecule has 1 rings (SSSR count). The van der Waals surface area contributed by atoms with Crippen LogP contribution in [0.2, 0.25) is 0 Å². The average molecular weight is 210 g/mol. The molecular formula is C10H14N2O3. The van der Waals surface area contributed by atoms with Crippen molar-refractivity contribution in [2.24, 2.45) is 5.73 Å². The molecule has 1 aliphatic rings. The van der Waals surface area contributed by atoms with Crippen LogP contribution < -0.4 is 11.1 Å². The third-order valence-electron chi connectivity index (χ3n) is 2.06. The Bertz CT molecular complexity index is 332. The molecule has 0 aliphatic heterocycles. The van der Waals surface area contributed by atoms with Gasteiger partial charge in [-0.1, -0.05) is 12.2 Å². The van der Waals surface area contributed by atoms with E-state index in [2.05, 4.69) is 5.32 Å². The quantitative estimate of drug-likeness (QED) is 0.601. The summed E-state index contributed by atoms with van der Waals surface area (Å²) in [6.07, 6.45) is 5.35. The first-order chi connectivity index (χ1) is 7.00. The fourth-order valence-corrected chi connectivity index (χ4v) is 1.24. The van der Waals surface area contributed by atoms with Gasteiger partial charge in [0.25, 0.3) is 0 Å². The summed E-state index contributed by atoms with van der Waals surface area (Å²) in [5.41, 5.74) is 5.57. The largest absolute Gasteiger partial charge is 0.478 e. The Labute approximate surface area is 87.6 Å². The molecule has 15 heavy (non-hydrogen) atoms. The highest BCUT2D eigenvalue weighted by atomic mass is 16.4. The zero-order valence-corrected chi connectivity index (χ0v) is 8.43. The molecule has 0 fully saturated rings. The van der Waals surface area contributed by atoms with Gasteiger partial charge in [0.15, 0.2) is 0 Å². The van der Waals surface area contributed by atoms with Crippen molar-refractivity contribution < 1.29 is 14.7 Å². The number of carboxylic acid groups (broad SMARTS) is 1. The van der Waals surface area contributed by atoms with E-state index in [1.807, 2.05) is 0 Å². The number of carbonyl (C=O) groups is 2. The van der Waals surface area contributed by atoms with Crippen molar-refractivity contribution in [3.63, 3.8) is 0 Å². The van der Waals surface area contributed by atoms with Gasteiger partial charge >= 0.3 is 5.97 Å². The predicted molar refractivity (Wildman–Crippen MR) is 55.1 cm³/mol. The molecule has 1 aliphatic carbocycles. The molecule has 0 aromatic carbocycles. The summed E-state index contributed by atoms with van der Waals surface area (Å²) in [6.45, 7) is 1.58. The SMILES string of the molecule is C[C@H](N)C(=O)NC1C=C(C(=O)O)C=CC1. The standard InChI is InChI=1S/C10H14N2O3/c1-6(11)9(13)12-8-4-2-3-7(5-8)10(14)15/h2-3,5-6,8H,4,11H2,1H3,(H,12,13)(H,14,15)/t6-,8?/m0/s1. The van der Waals surface area contributed by atoms with Gasteiger partial charge in [0.1, 0.15) is 0 Å². The normalized spacial score (nSPS) is 21.7. The van der Waals surface area contributed by atoms with Gasteiger partial charge < -0.3 is 16.2 Å². The van der Waals surface area contributed by atoms with Crippen LogP contribution in [0.1, 0.15) is 13.3 Å². The highest BCUT2D eigenvalue weighted by molar-refractivity contribution is 5.90. The summed E-state index contributed by atoms with van der Waals surface area (Å²) in [6, 6.07) is -0.864. The Morgan fingerprint density at radius 3 is 2.87 bits per heavy atom. The van der Waals surface area contributed by atoms with Crippen LogP contribution in [0.4, 0.5) is 0 Å². The van der Waals surface area contributed by atoms with E-state index in [-0.39, 0.29) is 17.5 Å². The zero-order chi connectivity index (χ0) is 11.4. The number of nitrogens with one attached hydrogen (secondary N) is 1. The monoisotopic (exact) mass is 210 g/mol. The Hall–Kier alpha value is -1.62. The fourth-order valence-electron chi connectivity index (χ4n) is 1.24. The van der Waals surface area contributed by atoms with Crippen molar-refractivity contribution in [1.29, 1.82) is 0 Å². The molecule has 82 valence electrons. The lowest BCUT2D eigenvalue weighted by Gasteiger charge is -2.18. The van der Waals surface area contributed by atoms with E-state index < -0.39 is 12.0 Å². The Balaban J connectivity index is 2.63. The summed E-state index contributed by atoms with van der Waals surface area (Å²) < 4.78 is 0. The maximum absolute atomic E-state index is 11.3. The van der Waals surface area contributed by atoms with Gasteiger partial charge in [0, 0.05) is 0 Å². The van der Waals surface area contributed by atoms with Crippen molar-refractivity contribution in [2.75, 3.05) is 0 Å². The first-order valence-corrected chi connectivity index (χ1v) is 4.68. The van der Waals surface area contributed by atoms with E-state index in [0.717, 1.165) is 0 Å². The molecular weight excluding hydrogens is 196 g/mol. The molecule has 0 radical (unpaired) electrons. The van der Waals surface area contributed by atoms with Crippen molar-refractivity contribution in [1.82, 2.24) is 5.32 Å². The van der Waals surface area contributed by atoms with E-state index in [9.17, 15) is 9.59 Å². The molecule has 1 amide bonds. The molecule has 5 nitrogen and oxygen atoms in total. The van der Waals surface area contributed by atoms with Gasteiger partial charge in [0.05, 0.1) is 17.7 Å². The molecule has 0 aromatic heterocycles. The molecule has 0 saturated carbocycles. The number of hydrogen-bond donors (Lipinski definition) is 3. The van der Waals surface area contributed by atoms with Gasteiger partial charge in [0.2, 0.25) is 5.91 Å². The fraction of sp³-hybridized carbons (Fsp3) is 0.400. The maximum atomic E-state index is 11.3. The number of hydrogen-bond acceptors (Lipinski definition) is 3. The summed E-state index contributed by atoms with van der Waals surface area (Å²) in [7, 11) is 0. The van der Waals surface area contributed by atoms with Crippen LogP contribution in [-0.2, 0) is 9.59 Å². The van der Waals surface area contributed by atoms with Crippen molar-refractivity contribution in [2.45, 2.75) is 25.4 Å². The van der Waals surface area contributed by atoms with E-state index in [0.29, 0.717) is 6.42 Å². The summed E-state index contributed by atoms with van der Waals surface area (Å²) in [5.74, 6) is -1.28. The number of amides is 1. The molecule has 2 atom stereocenters. The highest BCUT2D eigenvalue weighted by Gasteiger charge is 2.16. The minimum Gasteiger partial charge on any atom is -0.478 e. The van der Waals surface area contributed by atoms with Crippen LogP contribution >= 0.6 is 0 Å². The summed E-state index contributed by atoms with van der Waals surface area (Å²) >= 11 is 0. The second kappa shape index (κ2) is 4.75. The second-order valence-corrected chi connectivity index (χ2v) is 3.47. The lowest BCUT2D eigenvalue weighted by atomic mass is 10.0. The molecule has 0 heterocycles. The van der Waals surface area contributed by atoms with Gasteiger partial charge in [-0.05, 0) is 19.4 Å². The van der Waals surface area contributed by atoms with E-state index in [1.54, 1.807) is 13.0 Å². The highest BCUT2D eigenvalue weighted by Crippen LogP contribution is 2.10. The van der Waals surface area contributed by atoms with Gasteiger partial charge in [-0.2, -0.15) is 0 Å². The lowest BCUT2D eigenvalue weighted by Crippen LogP contribution is -2.43. The lowest BCUT2D eigenvalue weighted by molar-refractivity contribution is -0.132. The molecule has 0 aromatic rings. The van der Waals surface area contributed by atoms with Crippen LogP contribution in [0.5, 0.6) is 0 Å². The Morgan fingerprint density at radius 1 is 1.67 bits per heavy atom. The van der Waals surface area contributed by atoms with Crippen molar-refractivity contribution in [3.05, 3.63) is 23.8 Å². The first kappa shape index (κ1) is 11.5. The molecule has 4 N–H and O–H groups in total. The second-order valence-electron chi connectivity index (χ2n) is 3.47. The van der Waals surface area contributed by atoms with Crippen LogP contribution in [0, 0.1) is 0 Å². The van der Waals surface area contributed by atoms with Gasteiger partial charge in [-0.3, -0.25) is 4.79 Å². The molecule has 0 saturated heterocycles. The molecule has 0 bridgehead atoms. The van der Waals surface area contributed by atoms with Crippen LogP contribution in [0.25, 0.3) is 0 Å². The minimum absolute atomic E-state index is 0.191. The zero-order valence-electron chi connectivity index (χ0n) is 8.43. The van der Waals surface area contributed by atoms with Gasteiger partial charge in [-0.15, -0.1) is 0 Å². The third-order valence-corrected chi connectivity index (χ3v) is 2.06. The van der Waals surface area contributed by atoms with E-state index in [4.69, 9.17) is 10.8 Å². The minimum atomic E-state index is -0.994. The first-order valence-electron chi connectivity index (χ1n) is 4.68. The summed E-state index contributed by atoms with van der Waals surface area (Å²) in [5, 5.41) is 11.4. The predicted octanol–water partition coefficient (Wildman–Crippen LogP) is -0.211. The number of carboxylic acids is 1. The van der Waals surface area contributed by atoms with Crippen molar-refractivity contribution >= 4 is 11.9 Å². The topological polar surface area (TPSA) is 92.4 Å². The number of aliphatic carboxylic acids is 1. The van der Waals surface area contributed by atoms with E-state index >= 15 is 0 Å². The number of rotatable bonds is 3. The smallest absolute Gasteiger partial charge is 0.335 e. The Kier molecular flexibility index (Phi) is 3.62. The molecule has 1 unspecified atom stereocenters. The van der Waals surface area contributed by atoms with Crippen LogP contribution in [0.15, 0.2) is 23.8 Å². The number of nitrogens with two attached hydrogens (primary N) is 1. The molecule has 5 heteroatoms. The maximum Gasteiger partial charge on any atom is 0.335 e. The summed E-state index contributed by atoms with van der Waals surface area (Å²) in [4.78, 5) is 21.9. The average Bonchev–Trinajstić information content (AvgIpc) is 2.18. The third kappa shape index (κ3) is 3.21. The van der Waals surface area contributed by atoms with Gasteiger partial charge in [-0.25, -0.2) is 4.79 Å². The van der Waals surface area contributed by atoms with Crippen LogP contribution in [0.3, 0.4) is 0 Å². The van der Waals surface area contributed by atoms with Crippen LogP contribution in [-0.4, -0.2) is 29.1 Å². The van der Waals surface area contributed by atoms with Crippen molar-refractivity contribution in [3.8, 4) is 0 Å². The Morgan fingerprint density at radius 2 is 2.33 bits per heavy atom. The van der Waals surface area contributed by atoms with E-state index in [1.165, 1.54) is 12.2 Å². The number of carbonyl (C=O) groups excluding carboxylic acids is 1. The molecule has 0 spiro atoms.